The van der Waals surface area contributed by atoms with Crippen LogP contribution in [0.4, 0.5) is 0 Å². The van der Waals surface area contributed by atoms with Gasteiger partial charge in [0.15, 0.2) is 12.6 Å². The summed E-state index contributed by atoms with van der Waals surface area (Å²) in [5, 5.41) is 84.5. The number of rotatable bonds is 7. The molecule has 0 aromatic heterocycles. The topological polar surface area (TPSA) is 225 Å². The highest BCUT2D eigenvalue weighted by molar-refractivity contribution is 5.86. The van der Waals surface area contributed by atoms with E-state index in [1.165, 1.54) is 0 Å². The lowest BCUT2D eigenvalue weighted by Gasteiger charge is -2.63. The summed E-state index contributed by atoms with van der Waals surface area (Å²) >= 11 is 0. The van der Waals surface area contributed by atoms with Crippen molar-refractivity contribution in [2.24, 2.45) is 28.6 Å². The van der Waals surface area contributed by atoms with Crippen molar-refractivity contribution < 1.29 is 69.3 Å². The molecule has 7 rings (SSSR count). The molecule has 5 fully saturated rings. The van der Waals surface area contributed by atoms with Crippen molar-refractivity contribution in [3.05, 3.63) is 23.3 Å². The Balaban J connectivity index is 0.982. The van der Waals surface area contributed by atoms with Gasteiger partial charge in [-0.1, -0.05) is 19.9 Å². The third kappa shape index (κ3) is 5.75. The molecule has 17 atom stereocenters. The lowest BCUT2D eigenvalue weighted by Crippen LogP contribution is -2.63. The Labute approximate surface area is 285 Å². The van der Waals surface area contributed by atoms with E-state index in [1.54, 1.807) is 6.08 Å². The van der Waals surface area contributed by atoms with E-state index in [2.05, 4.69) is 19.9 Å². The second kappa shape index (κ2) is 13.2. The fourth-order valence-electron chi connectivity index (χ4n) is 10.6. The van der Waals surface area contributed by atoms with Crippen LogP contribution in [0.2, 0.25) is 0 Å². The second-order valence-corrected chi connectivity index (χ2v) is 16.0. The predicted molar refractivity (Wildman–Crippen MR) is 167 cm³/mol. The molecule has 0 spiro atoms. The van der Waals surface area contributed by atoms with Crippen molar-refractivity contribution in [1.82, 2.24) is 0 Å². The fourth-order valence-corrected chi connectivity index (χ4v) is 10.6. The Morgan fingerprint density at radius 1 is 0.837 bits per heavy atom. The molecule has 0 bridgehead atoms. The molecule has 3 aliphatic heterocycles. The van der Waals surface area contributed by atoms with Gasteiger partial charge in [0.1, 0.15) is 55.4 Å². The first kappa shape index (κ1) is 35.9. The smallest absolute Gasteiger partial charge is 0.331 e. The van der Waals surface area contributed by atoms with Gasteiger partial charge in [-0.2, -0.15) is 0 Å². The van der Waals surface area contributed by atoms with Crippen LogP contribution in [0, 0.1) is 28.6 Å². The van der Waals surface area contributed by atoms with E-state index >= 15 is 0 Å². The van der Waals surface area contributed by atoms with Crippen LogP contribution >= 0.6 is 0 Å². The van der Waals surface area contributed by atoms with E-state index in [0.717, 1.165) is 43.3 Å². The highest BCUT2D eigenvalue weighted by Crippen LogP contribution is 2.68. The quantitative estimate of drug-likeness (QED) is 0.120. The monoisotopic (exact) mass is 696 g/mol. The maximum Gasteiger partial charge on any atom is 0.331 e. The molecule has 0 aromatic carbocycles. The Kier molecular flexibility index (Phi) is 9.62. The average Bonchev–Trinajstić information content (AvgIpc) is 3.63. The maximum atomic E-state index is 12.4. The Morgan fingerprint density at radius 3 is 2.22 bits per heavy atom. The van der Waals surface area contributed by atoms with E-state index in [1.807, 2.05) is 0 Å². The number of carbonyl (C=O) groups is 1. The van der Waals surface area contributed by atoms with Gasteiger partial charge < -0.3 is 64.5 Å². The van der Waals surface area contributed by atoms with Crippen LogP contribution in [-0.4, -0.2) is 140 Å². The minimum Gasteiger partial charge on any atom is -0.458 e. The molecule has 3 heterocycles. The fraction of sp³-hybridized carbons (Fsp3) is 0.857. The van der Waals surface area contributed by atoms with Crippen LogP contribution in [0.25, 0.3) is 0 Å². The third-order valence-corrected chi connectivity index (χ3v) is 13.7. The van der Waals surface area contributed by atoms with E-state index in [-0.39, 0.29) is 30.0 Å². The van der Waals surface area contributed by atoms with Gasteiger partial charge in [-0.25, -0.2) is 4.79 Å². The SMILES string of the molecule is C[C@]12CC[C@H](O[C@@H]3O[C@H](CO[C@@H]4O[C@H](CO)[C@H](O)[C@H](O)[C@H]4O)[C@@H](O)[C@H](O)[C@H]3O)C[C@H]1CC[C@@H]1[C@@H]2CC[C@]2(C)C(C3=CC(=O)OC3)=CC[C@]12O. The van der Waals surface area contributed by atoms with Gasteiger partial charge in [-0.3, -0.25) is 0 Å². The van der Waals surface area contributed by atoms with E-state index in [0.29, 0.717) is 31.1 Å². The summed E-state index contributed by atoms with van der Waals surface area (Å²) in [6.07, 6.45) is -4.90. The predicted octanol–water partition coefficient (Wildman–Crippen LogP) is -0.827. The van der Waals surface area contributed by atoms with Crippen molar-refractivity contribution in [2.45, 2.75) is 138 Å². The maximum absolute atomic E-state index is 12.4. The molecule has 0 aromatic rings. The highest BCUT2D eigenvalue weighted by atomic mass is 16.7. The Bertz CT molecular complexity index is 1320. The first-order valence-electron chi connectivity index (χ1n) is 17.8. The lowest BCUT2D eigenvalue weighted by molar-refractivity contribution is -0.338. The molecular formula is C35H52O14. The zero-order valence-corrected chi connectivity index (χ0v) is 28.0. The van der Waals surface area contributed by atoms with Gasteiger partial charge in [0.25, 0.3) is 0 Å². The first-order chi connectivity index (χ1) is 23.2. The number of esters is 1. The molecule has 14 heteroatoms. The van der Waals surface area contributed by atoms with Crippen LogP contribution in [0.1, 0.15) is 65.2 Å². The minimum absolute atomic E-state index is 0.0299. The number of fused-ring (bicyclic) bond motifs is 5. The summed E-state index contributed by atoms with van der Waals surface area (Å²) < 4.78 is 28.3. The number of hydrogen-bond donors (Lipinski definition) is 8. The molecule has 0 unspecified atom stereocenters. The van der Waals surface area contributed by atoms with Crippen molar-refractivity contribution in [3.63, 3.8) is 0 Å². The van der Waals surface area contributed by atoms with Crippen molar-refractivity contribution in [3.8, 4) is 0 Å². The number of ether oxygens (including phenoxy) is 5. The molecule has 4 aliphatic carbocycles. The number of hydrogen-bond acceptors (Lipinski definition) is 14. The number of aliphatic hydroxyl groups is 8. The summed E-state index contributed by atoms with van der Waals surface area (Å²) in [5.41, 5.74) is 0.562. The zero-order valence-electron chi connectivity index (χ0n) is 28.0. The van der Waals surface area contributed by atoms with E-state index < -0.39 is 85.6 Å². The highest BCUT2D eigenvalue weighted by Gasteiger charge is 2.66. The third-order valence-electron chi connectivity index (χ3n) is 13.7. The molecule has 276 valence electrons. The normalized spacial score (nSPS) is 52.8. The van der Waals surface area contributed by atoms with Gasteiger partial charge in [-0.15, -0.1) is 0 Å². The van der Waals surface area contributed by atoms with Crippen molar-refractivity contribution >= 4 is 5.97 Å². The van der Waals surface area contributed by atoms with Crippen LogP contribution in [0.3, 0.4) is 0 Å². The van der Waals surface area contributed by atoms with Gasteiger partial charge >= 0.3 is 5.97 Å². The molecule has 49 heavy (non-hydrogen) atoms. The van der Waals surface area contributed by atoms with Crippen molar-refractivity contribution in [2.75, 3.05) is 19.8 Å². The number of aliphatic hydroxyl groups excluding tert-OH is 7. The first-order valence-corrected chi connectivity index (χ1v) is 17.8. The van der Waals surface area contributed by atoms with Gasteiger partial charge in [0.05, 0.1) is 24.9 Å². The minimum atomic E-state index is -1.65. The van der Waals surface area contributed by atoms with E-state index in [4.69, 9.17) is 23.7 Å². The van der Waals surface area contributed by atoms with Gasteiger partial charge in [0.2, 0.25) is 0 Å². The molecule has 14 nitrogen and oxygen atoms in total. The number of cyclic esters (lactones) is 1. The molecule has 2 saturated heterocycles. The number of carbonyl (C=O) groups excluding carboxylic acids is 1. The molecular weight excluding hydrogens is 644 g/mol. The van der Waals surface area contributed by atoms with Crippen molar-refractivity contribution in [1.29, 1.82) is 0 Å². The summed E-state index contributed by atoms with van der Waals surface area (Å²) in [7, 11) is 0. The van der Waals surface area contributed by atoms with Crippen LogP contribution in [0.5, 0.6) is 0 Å². The molecule has 0 amide bonds. The molecule has 8 N–H and O–H groups in total. The summed E-state index contributed by atoms with van der Waals surface area (Å²) in [4.78, 5) is 11.9. The Morgan fingerprint density at radius 2 is 1.53 bits per heavy atom. The molecule has 3 saturated carbocycles. The zero-order chi connectivity index (χ0) is 35.0. The average molecular weight is 697 g/mol. The summed E-state index contributed by atoms with van der Waals surface area (Å²) in [5.74, 6) is 0.400. The lowest BCUT2D eigenvalue weighted by atomic mass is 9.43. The van der Waals surface area contributed by atoms with Crippen LogP contribution in [-0.2, 0) is 28.5 Å². The van der Waals surface area contributed by atoms with E-state index in [9.17, 15) is 45.6 Å². The molecule has 0 radical (unpaired) electrons. The Hall–Kier alpha value is -1.53. The summed E-state index contributed by atoms with van der Waals surface area (Å²) in [6.45, 7) is 3.69. The largest absolute Gasteiger partial charge is 0.458 e. The summed E-state index contributed by atoms with van der Waals surface area (Å²) in [6, 6.07) is 0. The molecule has 7 aliphatic rings. The van der Waals surface area contributed by atoms with Crippen LogP contribution in [0.15, 0.2) is 23.3 Å². The van der Waals surface area contributed by atoms with Crippen LogP contribution < -0.4 is 0 Å². The second-order valence-electron chi connectivity index (χ2n) is 16.0. The van der Waals surface area contributed by atoms with Gasteiger partial charge in [0, 0.05) is 17.1 Å². The standard InChI is InChI=1S/C35H52O14/c1-33-8-5-18(47-32-30(43)28(41)26(39)23(49-32)15-46-31-29(42)27(40)25(38)22(13-36)48-31)12-17(33)3-4-21-20(33)6-9-34(2)19(7-10-35(21,34)44)16-11-24(37)45-14-16/h7,11,17-18,20-23,25-32,36,38-44H,3-6,8-10,12-15H2,1-2H3/t17-,18+,20+,21-,22-,23-,25+,26-,27+,28+,29-,30-,31-,32-,33+,34-,35+/m1/s1. The van der Waals surface area contributed by atoms with Gasteiger partial charge in [-0.05, 0) is 80.1 Å².